The highest BCUT2D eigenvalue weighted by Gasteiger charge is 2.51. The Morgan fingerprint density at radius 2 is 1.82 bits per heavy atom. The third kappa shape index (κ3) is 7.67. The first-order valence-electron chi connectivity index (χ1n) is 17.3. The van der Waals surface area contributed by atoms with E-state index in [1.54, 1.807) is 56.4 Å². The molecule has 2 fully saturated rings. The van der Waals surface area contributed by atoms with Crippen LogP contribution in [0.25, 0.3) is 10.9 Å². The number of phenolic OH excluding ortho intramolecular Hbond substituents is 1. The van der Waals surface area contributed by atoms with Gasteiger partial charge in [0.25, 0.3) is 0 Å². The number of rotatable bonds is 13. The quantitative estimate of drug-likeness (QED) is 0.138. The monoisotopic (exact) mass is 692 g/mol. The predicted octanol–water partition coefficient (Wildman–Crippen LogP) is 4.61. The van der Waals surface area contributed by atoms with Crippen molar-refractivity contribution in [1.82, 2.24) is 30.1 Å². The molecule has 0 bridgehead atoms. The summed E-state index contributed by atoms with van der Waals surface area (Å²) in [6, 6.07) is 20.4. The lowest BCUT2D eigenvalue weighted by Crippen LogP contribution is -2.76. The molecule has 2 aliphatic heterocycles. The Bertz CT molecular complexity index is 1890. The van der Waals surface area contributed by atoms with Crippen molar-refractivity contribution in [1.29, 1.82) is 0 Å². The number of carbonyl (C=O) groups is 4. The second kappa shape index (κ2) is 15.6. The molecule has 0 radical (unpaired) electrons. The molecule has 3 atom stereocenters. The number of hydrogen-bond acceptors (Lipinski definition) is 7. The summed E-state index contributed by atoms with van der Waals surface area (Å²) in [5, 5.41) is 16.9. The lowest BCUT2D eigenvalue weighted by Gasteiger charge is -2.55. The van der Waals surface area contributed by atoms with E-state index in [-0.39, 0.29) is 75.0 Å². The van der Waals surface area contributed by atoms with Crippen molar-refractivity contribution in [3.8, 4) is 5.75 Å². The average molecular weight is 693 g/mol. The van der Waals surface area contributed by atoms with Crippen LogP contribution in [-0.2, 0) is 33.8 Å². The molecule has 4 aromatic rings. The Morgan fingerprint density at radius 3 is 2.55 bits per heavy atom. The van der Waals surface area contributed by atoms with E-state index in [2.05, 4.69) is 16.9 Å². The molecule has 3 aromatic carbocycles. The molecule has 6 rings (SSSR count). The van der Waals surface area contributed by atoms with Crippen LogP contribution >= 0.6 is 0 Å². The van der Waals surface area contributed by atoms with E-state index in [1.807, 2.05) is 62.4 Å². The smallest absolute Gasteiger partial charge is 0.334 e. The molecule has 3 unspecified atom stereocenters. The molecule has 3 heterocycles. The lowest BCUT2D eigenvalue weighted by atomic mass is 9.97. The first-order valence-corrected chi connectivity index (χ1v) is 17.3. The van der Waals surface area contributed by atoms with Crippen LogP contribution in [0.5, 0.6) is 5.75 Å². The van der Waals surface area contributed by atoms with Gasteiger partial charge in [0.05, 0.1) is 24.7 Å². The Balaban J connectivity index is 1.34. The van der Waals surface area contributed by atoms with Crippen LogP contribution in [0, 0.1) is 0 Å². The zero-order valence-electron chi connectivity index (χ0n) is 29.0. The topological polar surface area (TPSA) is 139 Å². The molecule has 12 heteroatoms. The van der Waals surface area contributed by atoms with Gasteiger partial charge in [0.1, 0.15) is 18.0 Å². The Hall–Kier alpha value is -5.46. The van der Waals surface area contributed by atoms with Gasteiger partial charge in [-0.15, -0.1) is 6.58 Å². The second-order valence-electron chi connectivity index (χ2n) is 12.9. The number of phenols is 1. The summed E-state index contributed by atoms with van der Waals surface area (Å²) in [5.41, 5.74) is 3.75. The summed E-state index contributed by atoms with van der Waals surface area (Å²) >= 11 is 0. The summed E-state index contributed by atoms with van der Waals surface area (Å²) < 4.78 is 5.60. The number of Topliss-reactive ketones (excluding diaryl/α,β-unsaturated/α-hetero) is 1. The molecule has 0 saturated carbocycles. The molecule has 2 aliphatic rings. The third-order valence-electron chi connectivity index (χ3n) is 9.42. The molecule has 266 valence electrons. The van der Waals surface area contributed by atoms with Crippen LogP contribution in [0.2, 0.25) is 0 Å². The van der Waals surface area contributed by atoms with Crippen LogP contribution in [-0.4, -0.2) is 98.1 Å². The van der Waals surface area contributed by atoms with Crippen LogP contribution in [0.1, 0.15) is 47.3 Å². The molecule has 2 saturated heterocycles. The van der Waals surface area contributed by atoms with E-state index in [0.29, 0.717) is 12.2 Å². The van der Waals surface area contributed by atoms with Gasteiger partial charge in [-0.3, -0.25) is 14.4 Å². The van der Waals surface area contributed by atoms with Crippen LogP contribution < -0.4 is 5.32 Å². The van der Waals surface area contributed by atoms with Gasteiger partial charge in [0.2, 0.25) is 11.8 Å². The van der Waals surface area contributed by atoms with Gasteiger partial charge in [-0.1, -0.05) is 66.7 Å². The summed E-state index contributed by atoms with van der Waals surface area (Å²) in [4.78, 5) is 62.2. The second-order valence-corrected chi connectivity index (χ2v) is 12.9. The number of H-pyrrole nitrogens is 1. The SMILES string of the molecule is C=CCN1CC(=O)N2C(Cc3ccc(O)cc3)C(=O)N(Cc3cccc4c(C(=O)CC(C)OCC)c[nH]c34)CC2N1C(=O)NCc1ccccc1. The number of aromatic hydroxyl groups is 1. The van der Waals surface area contributed by atoms with Gasteiger partial charge in [-0.2, -0.15) is 0 Å². The number of ketones is 1. The minimum absolute atomic E-state index is 0.0433. The maximum absolute atomic E-state index is 14.5. The zero-order valence-corrected chi connectivity index (χ0v) is 29.0. The molecular formula is C39H44N6O6. The van der Waals surface area contributed by atoms with Crippen LogP contribution in [0.3, 0.4) is 0 Å². The number of amides is 4. The Labute approximate surface area is 297 Å². The summed E-state index contributed by atoms with van der Waals surface area (Å²) in [7, 11) is 0. The number of urea groups is 1. The van der Waals surface area contributed by atoms with Gasteiger partial charge in [0, 0.05) is 56.2 Å². The number of aromatic amines is 1. The molecule has 4 amide bonds. The minimum Gasteiger partial charge on any atom is -0.508 e. The molecule has 51 heavy (non-hydrogen) atoms. The predicted molar refractivity (Wildman–Crippen MR) is 192 cm³/mol. The number of para-hydroxylation sites is 1. The molecule has 1 aromatic heterocycles. The largest absolute Gasteiger partial charge is 0.508 e. The van der Waals surface area contributed by atoms with E-state index in [1.165, 1.54) is 0 Å². The molecular weight excluding hydrogens is 648 g/mol. The summed E-state index contributed by atoms with van der Waals surface area (Å²) in [6.07, 6.45) is 2.73. The number of benzene rings is 3. The highest BCUT2D eigenvalue weighted by Crippen LogP contribution is 2.31. The van der Waals surface area contributed by atoms with E-state index in [0.717, 1.165) is 27.6 Å². The number of carbonyl (C=O) groups excluding carboxylic acids is 4. The van der Waals surface area contributed by atoms with Gasteiger partial charge in [-0.25, -0.2) is 14.8 Å². The first-order chi connectivity index (χ1) is 24.7. The molecule has 3 N–H and O–H groups in total. The number of piperazine rings is 1. The van der Waals surface area contributed by atoms with Crippen molar-refractivity contribution in [2.75, 3.05) is 26.2 Å². The molecule has 0 spiro atoms. The molecule has 12 nitrogen and oxygen atoms in total. The van der Waals surface area contributed by atoms with Crippen molar-refractivity contribution >= 4 is 34.5 Å². The Morgan fingerprint density at radius 1 is 1.06 bits per heavy atom. The average Bonchev–Trinajstić information content (AvgIpc) is 3.56. The summed E-state index contributed by atoms with van der Waals surface area (Å²) in [6.45, 7) is 8.78. The van der Waals surface area contributed by atoms with E-state index >= 15 is 0 Å². The molecule has 0 aliphatic carbocycles. The van der Waals surface area contributed by atoms with Crippen molar-refractivity contribution in [3.05, 3.63) is 114 Å². The highest BCUT2D eigenvalue weighted by molar-refractivity contribution is 6.08. The number of fused-ring (bicyclic) bond motifs is 2. The number of hydrogen-bond donors (Lipinski definition) is 3. The summed E-state index contributed by atoms with van der Waals surface area (Å²) in [5.74, 6) is -0.493. The van der Waals surface area contributed by atoms with Gasteiger partial charge < -0.3 is 29.9 Å². The third-order valence-corrected chi connectivity index (χ3v) is 9.42. The number of aromatic nitrogens is 1. The van der Waals surface area contributed by atoms with Crippen LogP contribution in [0.15, 0.2) is 91.6 Å². The van der Waals surface area contributed by atoms with Gasteiger partial charge >= 0.3 is 6.03 Å². The van der Waals surface area contributed by atoms with E-state index in [9.17, 15) is 24.3 Å². The lowest BCUT2D eigenvalue weighted by molar-refractivity contribution is -0.189. The zero-order chi connectivity index (χ0) is 36.1. The maximum Gasteiger partial charge on any atom is 0.334 e. The van der Waals surface area contributed by atoms with Crippen LogP contribution in [0.4, 0.5) is 4.79 Å². The number of nitrogens with zero attached hydrogens (tertiary/aromatic N) is 4. The minimum atomic E-state index is -0.920. The fourth-order valence-corrected chi connectivity index (χ4v) is 7.05. The van der Waals surface area contributed by atoms with E-state index in [4.69, 9.17) is 4.74 Å². The van der Waals surface area contributed by atoms with Gasteiger partial charge in [0.15, 0.2) is 5.78 Å². The normalized spacial score (nSPS) is 18.5. The number of ether oxygens (including phenoxy) is 1. The number of hydrazine groups is 1. The van der Waals surface area contributed by atoms with Crippen molar-refractivity contribution in [2.45, 2.75) is 58.1 Å². The van der Waals surface area contributed by atoms with Gasteiger partial charge in [-0.05, 0) is 42.7 Å². The Kier molecular flexibility index (Phi) is 10.8. The fraction of sp³-hybridized carbons (Fsp3) is 0.333. The van der Waals surface area contributed by atoms with Crippen molar-refractivity contribution in [3.63, 3.8) is 0 Å². The first kappa shape index (κ1) is 35.4. The number of nitrogens with one attached hydrogen (secondary N) is 2. The standard InChI is InChI=1S/C39H44N6O6/c1-4-18-43-25-36(48)44-33(20-27-14-16-30(46)17-15-27)38(49)42(24-35(44)45(43)39(50)41-21-28-10-7-6-8-11-28)23-29-12-9-13-31-32(22-40-37(29)31)34(47)19-26(3)51-5-2/h4,6-17,22,26,33,35,40,46H,1,5,18-21,23-25H2,2-3H3,(H,41,50). The van der Waals surface area contributed by atoms with Crippen molar-refractivity contribution in [2.24, 2.45) is 0 Å². The van der Waals surface area contributed by atoms with E-state index < -0.39 is 18.2 Å². The highest BCUT2D eigenvalue weighted by atomic mass is 16.5. The fourth-order valence-electron chi connectivity index (χ4n) is 7.05. The maximum atomic E-state index is 14.5. The van der Waals surface area contributed by atoms with Crippen molar-refractivity contribution < 1.29 is 29.0 Å².